The van der Waals surface area contributed by atoms with E-state index in [1.54, 1.807) is 0 Å². The molecular formula is C43H62N8S2. The van der Waals surface area contributed by atoms with E-state index in [4.69, 9.17) is 24.4 Å². The molecule has 0 saturated carbocycles. The highest BCUT2D eigenvalue weighted by Gasteiger charge is 2.19. The summed E-state index contributed by atoms with van der Waals surface area (Å²) in [7, 11) is 0. The van der Waals surface area contributed by atoms with Crippen LogP contribution in [0.2, 0.25) is 0 Å². The second-order valence-electron chi connectivity index (χ2n) is 14.7. The van der Waals surface area contributed by atoms with E-state index in [2.05, 4.69) is 137 Å². The van der Waals surface area contributed by atoms with Crippen molar-refractivity contribution in [2.24, 2.45) is 0 Å². The van der Waals surface area contributed by atoms with E-state index in [0.717, 1.165) is 56.9 Å². The molecule has 0 spiro atoms. The Hall–Kier alpha value is -3.70. The molecule has 0 aliphatic carbocycles. The first-order chi connectivity index (χ1) is 25.7. The molecule has 286 valence electrons. The molecule has 0 radical (unpaired) electrons. The van der Waals surface area contributed by atoms with Gasteiger partial charge in [-0.1, -0.05) is 45.3 Å². The van der Waals surface area contributed by atoms with Crippen LogP contribution in [0.3, 0.4) is 0 Å². The summed E-state index contributed by atoms with van der Waals surface area (Å²) in [6.45, 7) is 19.5. The monoisotopic (exact) mass is 754 g/mol. The third-order valence-electron chi connectivity index (χ3n) is 10.4. The van der Waals surface area contributed by atoms with Gasteiger partial charge in [0.2, 0.25) is 0 Å². The number of fused-ring (bicyclic) bond motifs is 2. The van der Waals surface area contributed by atoms with Gasteiger partial charge >= 0.3 is 0 Å². The van der Waals surface area contributed by atoms with Gasteiger partial charge in [0, 0.05) is 102 Å². The van der Waals surface area contributed by atoms with Crippen molar-refractivity contribution in [2.75, 3.05) is 49.9 Å². The summed E-state index contributed by atoms with van der Waals surface area (Å²) in [6, 6.07) is 13.7. The second-order valence-corrected chi connectivity index (χ2v) is 15.6. The van der Waals surface area contributed by atoms with Crippen LogP contribution in [-0.2, 0) is 0 Å². The number of nitrogens with one attached hydrogen (secondary N) is 6. The fraction of sp³-hybridized carbons (Fsp3) is 0.488. The van der Waals surface area contributed by atoms with Gasteiger partial charge in [0.15, 0.2) is 10.2 Å². The average molecular weight is 755 g/mol. The zero-order chi connectivity index (χ0) is 37.7. The number of H-pyrrole nitrogens is 2. The molecule has 4 aromatic rings. The lowest BCUT2D eigenvalue weighted by Gasteiger charge is -2.31. The van der Waals surface area contributed by atoms with Crippen LogP contribution in [0.4, 0.5) is 11.4 Å². The lowest BCUT2D eigenvalue weighted by molar-refractivity contribution is 0.225. The maximum absolute atomic E-state index is 5.37. The van der Waals surface area contributed by atoms with Gasteiger partial charge < -0.3 is 31.2 Å². The summed E-state index contributed by atoms with van der Waals surface area (Å²) in [5.41, 5.74) is 9.93. The van der Waals surface area contributed by atoms with Crippen molar-refractivity contribution < 1.29 is 0 Å². The van der Waals surface area contributed by atoms with Crippen LogP contribution in [0, 0.1) is 0 Å². The topological polar surface area (TPSA) is 86.2 Å². The number of hydrogen-bond donors (Lipinski definition) is 6. The van der Waals surface area contributed by atoms with E-state index < -0.39 is 0 Å². The molecule has 1 unspecified atom stereocenters. The van der Waals surface area contributed by atoms with Gasteiger partial charge in [-0.2, -0.15) is 0 Å². The van der Waals surface area contributed by atoms with Gasteiger partial charge in [0.25, 0.3) is 0 Å². The average Bonchev–Trinajstić information content (AvgIpc) is 3.77. The zero-order valence-electron chi connectivity index (χ0n) is 32.8. The Morgan fingerprint density at radius 1 is 0.755 bits per heavy atom. The fourth-order valence-corrected chi connectivity index (χ4v) is 7.82. The van der Waals surface area contributed by atoms with Gasteiger partial charge in [0.05, 0.1) is 0 Å². The molecule has 53 heavy (non-hydrogen) atoms. The maximum Gasteiger partial charge on any atom is 0.170 e. The minimum absolute atomic E-state index is 0.322. The number of aromatic nitrogens is 2. The maximum atomic E-state index is 5.37. The number of thiocarbonyl (C=S) groups is 2. The van der Waals surface area contributed by atoms with Crippen LogP contribution >= 0.6 is 24.4 Å². The van der Waals surface area contributed by atoms with Crippen molar-refractivity contribution in [3.8, 4) is 0 Å². The van der Waals surface area contributed by atoms with Gasteiger partial charge in [0.1, 0.15) is 0 Å². The van der Waals surface area contributed by atoms with E-state index in [1.165, 1.54) is 82.7 Å². The summed E-state index contributed by atoms with van der Waals surface area (Å²) < 4.78 is 0. The number of rotatable bonds is 13. The van der Waals surface area contributed by atoms with E-state index >= 15 is 0 Å². The predicted octanol–water partition coefficient (Wildman–Crippen LogP) is 9.89. The highest BCUT2D eigenvalue weighted by Crippen LogP contribution is 2.33. The Morgan fingerprint density at radius 2 is 1.36 bits per heavy atom. The minimum Gasteiger partial charge on any atom is -0.363 e. The summed E-state index contributed by atoms with van der Waals surface area (Å²) in [6.07, 6.45) is 17.9. The molecule has 0 saturated heterocycles. The normalized spacial score (nSPS) is 15.8. The Kier molecular flexibility index (Phi) is 15.4. The number of benzene rings is 2. The molecule has 2 aliphatic rings. The highest BCUT2D eigenvalue weighted by atomic mass is 32.1. The van der Waals surface area contributed by atoms with Crippen LogP contribution < -0.4 is 21.3 Å². The van der Waals surface area contributed by atoms with Crippen molar-refractivity contribution in [3.05, 3.63) is 72.1 Å². The van der Waals surface area contributed by atoms with Crippen molar-refractivity contribution in [2.45, 2.75) is 98.6 Å². The summed E-state index contributed by atoms with van der Waals surface area (Å²) in [4.78, 5) is 12.0. The van der Waals surface area contributed by atoms with Gasteiger partial charge in [-0.05, 0) is 132 Å². The van der Waals surface area contributed by atoms with E-state index in [0.29, 0.717) is 22.3 Å². The minimum atomic E-state index is 0.322. The molecule has 10 heteroatoms. The van der Waals surface area contributed by atoms with Crippen molar-refractivity contribution in [1.82, 2.24) is 30.4 Å². The Morgan fingerprint density at radius 3 is 1.87 bits per heavy atom. The Labute approximate surface area is 328 Å². The third kappa shape index (κ3) is 11.4. The number of anilines is 2. The molecule has 0 fully saturated rings. The van der Waals surface area contributed by atoms with Crippen molar-refractivity contribution >= 4 is 79.0 Å². The molecule has 0 bridgehead atoms. The molecule has 4 heterocycles. The Bertz CT molecular complexity index is 1870. The number of nitrogens with zero attached hydrogens (tertiary/aromatic N) is 2. The van der Waals surface area contributed by atoms with Gasteiger partial charge in [-0.3, -0.25) is 9.80 Å². The number of hydrogen-bond acceptors (Lipinski definition) is 4. The molecule has 6 N–H and O–H groups in total. The molecule has 6 rings (SSSR count). The van der Waals surface area contributed by atoms with Crippen LogP contribution in [0.1, 0.15) is 97.6 Å². The molecule has 8 nitrogen and oxygen atoms in total. The van der Waals surface area contributed by atoms with Crippen molar-refractivity contribution in [1.29, 1.82) is 0 Å². The zero-order valence-corrected chi connectivity index (χ0v) is 34.5. The highest BCUT2D eigenvalue weighted by molar-refractivity contribution is 7.80. The standard InChI is InChI=1S/C22H32N4S.C21H30N4S/c1-3-5-6-7-12-26-13-10-17(11-14-26)20-16-24-21-9-8-18(15-19(20)21)25-22(27)23-4-2;1-5-15(4)25-10-8-16(9-11-25)19-13-22-20-7-6-17(12-18(19)20)24-21(26)23-14(2)3/h8-10,15-16,24H,3-7,11-14H2,1-2H3,(H2,23,25,27);6-8,12-15,22H,5,9-11H2,1-4H3,(H2,23,24,26). The third-order valence-corrected chi connectivity index (χ3v) is 10.9. The first-order valence-corrected chi connectivity index (χ1v) is 20.7. The van der Waals surface area contributed by atoms with Crippen LogP contribution in [0.15, 0.2) is 60.9 Å². The van der Waals surface area contributed by atoms with Crippen molar-refractivity contribution in [3.63, 3.8) is 0 Å². The summed E-state index contributed by atoms with van der Waals surface area (Å²) in [5, 5.41) is 16.8. The second kappa shape index (κ2) is 20.1. The Balaban J connectivity index is 0.000000204. The predicted molar refractivity (Wildman–Crippen MR) is 238 cm³/mol. The van der Waals surface area contributed by atoms with E-state index in [1.807, 2.05) is 6.92 Å². The number of unbranched alkanes of at least 4 members (excludes halogenated alkanes) is 3. The van der Waals surface area contributed by atoms with Crippen LogP contribution in [-0.4, -0.2) is 81.3 Å². The number of aromatic amines is 2. The van der Waals surface area contributed by atoms with Crippen LogP contribution in [0.25, 0.3) is 33.0 Å². The lowest BCUT2D eigenvalue weighted by Crippen LogP contribution is -2.35. The van der Waals surface area contributed by atoms with Crippen LogP contribution in [0.5, 0.6) is 0 Å². The summed E-state index contributed by atoms with van der Waals surface area (Å²) >= 11 is 10.7. The SMILES string of the molecule is CCC(C)N1CC=C(c2c[nH]c3ccc(NC(=S)NC(C)C)cc23)CC1.CCCCCCN1CC=C(c2c[nH]c3ccc(NC(=S)NCC)cc23)CC1. The smallest absolute Gasteiger partial charge is 0.170 e. The van der Waals surface area contributed by atoms with Gasteiger partial charge in [-0.25, -0.2) is 0 Å². The molecule has 2 aliphatic heterocycles. The quantitative estimate of drug-likeness (QED) is 0.0595. The van der Waals surface area contributed by atoms with Gasteiger partial charge in [-0.15, -0.1) is 0 Å². The molecule has 2 aromatic heterocycles. The molecule has 0 amide bonds. The molecular weight excluding hydrogens is 693 g/mol. The first kappa shape index (κ1) is 40.5. The summed E-state index contributed by atoms with van der Waals surface area (Å²) in [5.74, 6) is 0. The largest absolute Gasteiger partial charge is 0.363 e. The van der Waals surface area contributed by atoms with E-state index in [-0.39, 0.29) is 0 Å². The van der Waals surface area contributed by atoms with E-state index in [9.17, 15) is 0 Å². The fourth-order valence-electron chi connectivity index (χ4n) is 7.20. The first-order valence-electron chi connectivity index (χ1n) is 19.9. The lowest BCUT2D eigenvalue weighted by atomic mass is 9.97. The molecule has 1 atom stereocenters. The molecule has 2 aromatic carbocycles.